The van der Waals surface area contributed by atoms with Crippen molar-refractivity contribution in [1.82, 2.24) is 4.90 Å². The zero-order valence-corrected chi connectivity index (χ0v) is 16.0. The first-order valence-corrected chi connectivity index (χ1v) is 9.32. The van der Waals surface area contributed by atoms with Crippen LogP contribution in [-0.4, -0.2) is 36.1 Å². The zero-order valence-electron chi connectivity index (χ0n) is 16.0. The molecule has 1 atom stereocenters. The zero-order chi connectivity index (χ0) is 19.7. The Morgan fingerprint density at radius 1 is 1.11 bits per heavy atom. The van der Waals surface area contributed by atoms with Crippen LogP contribution >= 0.6 is 0 Å². The molecule has 0 spiro atoms. The maximum Gasteiger partial charge on any atom is 0.289 e. The molecule has 28 heavy (non-hydrogen) atoms. The second kappa shape index (κ2) is 7.17. The van der Waals surface area contributed by atoms with Crippen LogP contribution in [0.3, 0.4) is 0 Å². The molecule has 1 amide bonds. The quantitative estimate of drug-likeness (QED) is 0.747. The number of ether oxygens (including phenoxy) is 1. The summed E-state index contributed by atoms with van der Waals surface area (Å²) in [6.07, 6.45) is 0.510. The monoisotopic (exact) mass is 377 g/mol. The van der Waals surface area contributed by atoms with Crippen molar-refractivity contribution >= 4 is 5.91 Å². The molecule has 1 fully saturated rings. The van der Waals surface area contributed by atoms with Crippen molar-refractivity contribution in [3.63, 3.8) is 0 Å². The molecule has 0 radical (unpaired) electrons. The van der Waals surface area contributed by atoms with Crippen LogP contribution in [0.25, 0.3) is 11.3 Å². The normalized spacial score (nSPS) is 19.0. The molecule has 0 aliphatic carbocycles. The van der Waals surface area contributed by atoms with Crippen LogP contribution in [0.15, 0.2) is 65.1 Å². The Labute approximate surface area is 164 Å². The molecule has 4 rings (SSSR count). The van der Waals surface area contributed by atoms with Gasteiger partial charge in [0, 0.05) is 12.1 Å². The third-order valence-electron chi connectivity index (χ3n) is 5.37. The third kappa shape index (κ3) is 3.29. The van der Waals surface area contributed by atoms with Gasteiger partial charge in [-0.2, -0.15) is 0 Å². The summed E-state index contributed by atoms with van der Waals surface area (Å²) in [5, 5.41) is 11.1. The molecule has 0 bridgehead atoms. The predicted molar refractivity (Wildman–Crippen MR) is 106 cm³/mol. The van der Waals surface area contributed by atoms with Gasteiger partial charge in [-0.1, -0.05) is 24.3 Å². The Kier molecular flexibility index (Phi) is 4.69. The van der Waals surface area contributed by atoms with Gasteiger partial charge < -0.3 is 19.2 Å². The smallest absolute Gasteiger partial charge is 0.289 e. The van der Waals surface area contributed by atoms with Crippen LogP contribution in [0, 0.1) is 6.92 Å². The van der Waals surface area contributed by atoms with Crippen molar-refractivity contribution in [3.8, 4) is 17.1 Å². The van der Waals surface area contributed by atoms with Crippen LogP contribution in [-0.2, 0) is 5.60 Å². The summed E-state index contributed by atoms with van der Waals surface area (Å²) in [5.41, 5.74) is 1.76. The molecular weight excluding hydrogens is 354 g/mol. The maximum atomic E-state index is 12.9. The van der Waals surface area contributed by atoms with Crippen molar-refractivity contribution in [2.45, 2.75) is 18.9 Å². The Morgan fingerprint density at radius 3 is 2.57 bits per heavy atom. The average Bonchev–Trinajstić information content (AvgIpc) is 3.36. The molecule has 1 aliphatic heterocycles. The van der Waals surface area contributed by atoms with Crippen molar-refractivity contribution in [2.24, 2.45) is 0 Å². The summed E-state index contributed by atoms with van der Waals surface area (Å²) in [6.45, 7) is 2.73. The second-order valence-electron chi connectivity index (χ2n) is 7.22. The molecule has 5 nitrogen and oxygen atoms in total. The fourth-order valence-electron chi connectivity index (χ4n) is 3.80. The molecule has 1 aliphatic rings. The lowest BCUT2D eigenvalue weighted by molar-refractivity contribution is 0.0403. The first-order valence-electron chi connectivity index (χ1n) is 9.32. The maximum absolute atomic E-state index is 12.9. The number of methoxy groups -OCH3 is 1. The minimum atomic E-state index is -1.02. The van der Waals surface area contributed by atoms with Gasteiger partial charge in [0.05, 0.1) is 13.7 Å². The van der Waals surface area contributed by atoms with Gasteiger partial charge in [-0.05, 0) is 60.9 Å². The third-order valence-corrected chi connectivity index (χ3v) is 5.37. The van der Waals surface area contributed by atoms with E-state index >= 15 is 0 Å². The van der Waals surface area contributed by atoms with Gasteiger partial charge in [0.2, 0.25) is 0 Å². The Bertz CT molecular complexity index is 992. The van der Waals surface area contributed by atoms with E-state index < -0.39 is 5.60 Å². The number of aliphatic hydroxyl groups is 1. The molecule has 5 heteroatoms. The Balaban J connectivity index is 1.51. The SMILES string of the molecule is COc1ccc(-c2ccc(C(=O)N3CCC(O)(c4ccccc4C)C3)o2)cc1. The summed E-state index contributed by atoms with van der Waals surface area (Å²) in [5.74, 6) is 1.46. The molecule has 144 valence electrons. The first-order chi connectivity index (χ1) is 13.5. The number of likely N-dealkylation sites (tertiary alicyclic amines) is 1. The van der Waals surface area contributed by atoms with E-state index in [1.165, 1.54) is 0 Å². The molecule has 2 heterocycles. The summed E-state index contributed by atoms with van der Waals surface area (Å²) >= 11 is 0. The lowest BCUT2D eigenvalue weighted by Crippen LogP contribution is -2.34. The number of hydrogen-bond donors (Lipinski definition) is 1. The van der Waals surface area contributed by atoms with Crippen molar-refractivity contribution in [2.75, 3.05) is 20.2 Å². The van der Waals surface area contributed by atoms with Crippen LogP contribution in [0.1, 0.15) is 28.1 Å². The summed E-state index contributed by atoms with van der Waals surface area (Å²) in [6, 6.07) is 18.7. The van der Waals surface area contributed by atoms with Crippen molar-refractivity contribution < 1.29 is 19.1 Å². The fraction of sp³-hybridized carbons (Fsp3) is 0.261. The highest BCUT2D eigenvalue weighted by Crippen LogP contribution is 2.35. The van der Waals surface area contributed by atoms with Crippen LogP contribution in [0.4, 0.5) is 0 Å². The highest BCUT2D eigenvalue weighted by atomic mass is 16.5. The van der Waals surface area contributed by atoms with E-state index in [1.54, 1.807) is 24.1 Å². The highest BCUT2D eigenvalue weighted by molar-refractivity contribution is 5.92. The van der Waals surface area contributed by atoms with E-state index in [0.29, 0.717) is 18.7 Å². The van der Waals surface area contributed by atoms with E-state index in [1.807, 2.05) is 55.5 Å². The predicted octanol–water partition coefficient (Wildman–Crippen LogP) is 4.00. The molecule has 3 aromatic rings. The minimum absolute atomic E-state index is 0.204. The van der Waals surface area contributed by atoms with Gasteiger partial charge in [-0.15, -0.1) is 0 Å². The molecule has 1 unspecified atom stereocenters. The first kappa shape index (κ1) is 18.3. The number of carbonyl (C=O) groups is 1. The number of rotatable bonds is 4. The number of benzene rings is 2. The minimum Gasteiger partial charge on any atom is -0.497 e. The highest BCUT2D eigenvalue weighted by Gasteiger charge is 2.41. The summed E-state index contributed by atoms with van der Waals surface area (Å²) < 4.78 is 11.0. The largest absolute Gasteiger partial charge is 0.497 e. The molecular formula is C23H23NO4. The summed E-state index contributed by atoms with van der Waals surface area (Å²) in [4.78, 5) is 14.6. The van der Waals surface area contributed by atoms with Crippen LogP contribution in [0.2, 0.25) is 0 Å². The van der Waals surface area contributed by atoms with Crippen LogP contribution < -0.4 is 4.74 Å². The molecule has 1 saturated heterocycles. The van der Waals surface area contributed by atoms with E-state index in [9.17, 15) is 9.90 Å². The number of amides is 1. The van der Waals surface area contributed by atoms with Crippen LogP contribution in [0.5, 0.6) is 5.75 Å². The van der Waals surface area contributed by atoms with Gasteiger partial charge in [0.25, 0.3) is 5.91 Å². The topological polar surface area (TPSA) is 62.9 Å². The second-order valence-corrected chi connectivity index (χ2v) is 7.22. The van der Waals surface area contributed by atoms with Gasteiger partial charge >= 0.3 is 0 Å². The lowest BCUT2D eigenvalue weighted by Gasteiger charge is -2.25. The van der Waals surface area contributed by atoms with Crippen molar-refractivity contribution in [1.29, 1.82) is 0 Å². The number of carbonyl (C=O) groups excluding carboxylic acids is 1. The standard InChI is InChI=1S/C23H23NO4/c1-16-5-3-4-6-19(16)23(26)13-14-24(15-23)22(25)21-12-11-20(28-21)17-7-9-18(27-2)10-8-17/h3-12,26H,13-15H2,1-2H3. The summed E-state index contributed by atoms with van der Waals surface area (Å²) in [7, 11) is 1.62. The van der Waals surface area contributed by atoms with E-state index in [4.69, 9.17) is 9.15 Å². The number of β-amino-alcohol motifs (C(OH)–C–C–N with tert-alkyl or cyclic N) is 1. The van der Waals surface area contributed by atoms with E-state index in [0.717, 1.165) is 22.4 Å². The molecule has 1 aromatic heterocycles. The number of aryl methyl sites for hydroxylation is 1. The van der Waals surface area contributed by atoms with Gasteiger partial charge in [0.1, 0.15) is 17.1 Å². The van der Waals surface area contributed by atoms with Gasteiger partial charge in [-0.25, -0.2) is 0 Å². The van der Waals surface area contributed by atoms with E-state index in [2.05, 4.69) is 0 Å². The number of nitrogens with zero attached hydrogens (tertiary/aromatic N) is 1. The average molecular weight is 377 g/mol. The van der Waals surface area contributed by atoms with Gasteiger partial charge in [0.15, 0.2) is 5.76 Å². The molecule has 0 saturated carbocycles. The Morgan fingerprint density at radius 2 is 1.86 bits per heavy atom. The van der Waals surface area contributed by atoms with Crippen molar-refractivity contribution in [3.05, 3.63) is 77.6 Å². The Hall–Kier alpha value is -3.05. The van der Waals surface area contributed by atoms with Gasteiger partial charge in [-0.3, -0.25) is 4.79 Å². The number of hydrogen-bond acceptors (Lipinski definition) is 4. The van der Waals surface area contributed by atoms with E-state index in [-0.39, 0.29) is 18.2 Å². The number of furan rings is 1. The molecule has 2 aromatic carbocycles. The lowest BCUT2D eigenvalue weighted by atomic mass is 9.89. The molecule has 1 N–H and O–H groups in total. The fourth-order valence-corrected chi connectivity index (χ4v) is 3.80.